The maximum Gasteiger partial charge on any atom is 0.299 e. The molecular formula is C24H25N7O2. The zero-order valence-corrected chi connectivity index (χ0v) is 18.1. The maximum atomic E-state index is 12.0. The van der Waals surface area contributed by atoms with Crippen molar-refractivity contribution >= 4 is 16.9 Å². The molecule has 0 spiro atoms. The number of amides is 1. The third-order valence-corrected chi connectivity index (χ3v) is 5.65. The van der Waals surface area contributed by atoms with Crippen LogP contribution >= 0.6 is 0 Å². The van der Waals surface area contributed by atoms with Gasteiger partial charge < -0.3 is 21.1 Å². The lowest BCUT2D eigenvalue weighted by atomic mass is 10.1. The molecule has 2 unspecified atom stereocenters. The van der Waals surface area contributed by atoms with E-state index in [0.29, 0.717) is 23.6 Å². The largest absolute Gasteiger partial charge is 0.468 e. The average Bonchev–Trinajstić information content (AvgIpc) is 3.05. The summed E-state index contributed by atoms with van der Waals surface area (Å²) >= 11 is 0. The van der Waals surface area contributed by atoms with Gasteiger partial charge in [-0.3, -0.25) is 20.0 Å². The van der Waals surface area contributed by atoms with E-state index in [0.717, 1.165) is 16.9 Å². The van der Waals surface area contributed by atoms with E-state index in [-0.39, 0.29) is 6.17 Å². The standard InChI is InChI=1S/C24H25N7O2/c1-33-24-29-19-16(21(25)32)10-7-12-18(19)31(24)23-28-17-11-5-6-13-26-20(17)22(30-23)27-14-15-8-3-2-4-9-15/h2-13,22-23,26-28,30H,14H2,1H3,(H2,25,32). The lowest BCUT2D eigenvalue weighted by Crippen LogP contribution is -2.57. The van der Waals surface area contributed by atoms with Crippen molar-refractivity contribution in [1.29, 1.82) is 0 Å². The first-order valence-electron chi connectivity index (χ1n) is 10.6. The number of methoxy groups -OCH3 is 1. The zero-order valence-electron chi connectivity index (χ0n) is 18.1. The highest BCUT2D eigenvalue weighted by molar-refractivity contribution is 6.04. The lowest BCUT2D eigenvalue weighted by molar-refractivity contribution is 0.100. The average molecular weight is 444 g/mol. The Morgan fingerprint density at radius 1 is 1.18 bits per heavy atom. The van der Waals surface area contributed by atoms with Crippen LogP contribution in [0.4, 0.5) is 0 Å². The summed E-state index contributed by atoms with van der Waals surface area (Å²) in [6, 6.07) is 15.9. The summed E-state index contributed by atoms with van der Waals surface area (Å²) in [6.45, 7) is 0.671. The fourth-order valence-electron chi connectivity index (χ4n) is 4.11. The molecule has 9 nitrogen and oxygen atoms in total. The SMILES string of the molecule is COc1nc2c(C(N)=O)cccc2n1C1NC2=C(NC=CC=C2)C(NCc2ccccc2)N1. The van der Waals surface area contributed by atoms with Gasteiger partial charge in [0, 0.05) is 12.7 Å². The van der Waals surface area contributed by atoms with Crippen molar-refractivity contribution < 1.29 is 9.53 Å². The monoisotopic (exact) mass is 443 g/mol. The Balaban J connectivity index is 1.54. The van der Waals surface area contributed by atoms with Crippen molar-refractivity contribution in [3.8, 4) is 6.01 Å². The minimum atomic E-state index is -0.535. The van der Waals surface area contributed by atoms with Crippen molar-refractivity contribution in [1.82, 2.24) is 30.8 Å². The first-order chi connectivity index (χ1) is 16.2. The Labute approximate surface area is 191 Å². The van der Waals surface area contributed by atoms with Crippen molar-refractivity contribution in [3.63, 3.8) is 0 Å². The van der Waals surface area contributed by atoms with Gasteiger partial charge in [-0.25, -0.2) is 0 Å². The number of rotatable bonds is 6. The van der Waals surface area contributed by atoms with Gasteiger partial charge >= 0.3 is 0 Å². The number of allylic oxidation sites excluding steroid dienone is 3. The Bertz CT molecular complexity index is 1280. The second kappa shape index (κ2) is 8.81. The molecular weight excluding hydrogens is 418 g/mol. The van der Waals surface area contributed by atoms with E-state index in [1.54, 1.807) is 19.2 Å². The van der Waals surface area contributed by atoms with Gasteiger partial charge in [0.25, 0.3) is 11.9 Å². The molecule has 9 heteroatoms. The number of hydrogen-bond acceptors (Lipinski definition) is 7. The normalized spacial score (nSPS) is 19.5. The number of fused-ring (bicyclic) bond motifs is 1. The molecule has 0 aliphatic carbocycles. The number of nitrogens with one attached hydrogen (secondary N) is 4. The molecule has 0 fully saturated rings. The zero-order chi connectivity index (χ0) is 22.8. The Hall–Kier alpha value is -4.08. The lowest BCUT2D eigenvalue weighted by Gasteiger charge is -2.37. The predicted molar refractivity (Wildman–Crippen MR) is 126 cm³/mol. The van der Waals surface area contributed by atoms with E-state index in [1.165, 1.54) is 5.56 Å². The number of ether oxygens (including phenoxy) is 1. The Morgan fingerprint density at radius 3 is 2.82 bits per heavy atom. The molecule has 33 heavy (non-hydrogen) atoms. The number of imidazole rings is 1. The fourth-order valence-corrected chi connectivity index (χ4v) is 4.11. The smallest absolute Gasteiger partial charge is 0.299 e. The van der Waals surface area contributed by atoms with Gasteiger partial charge in [0.15, 0.2) is 6.29 Å². The highest BCUT2D eigenvalue weighted by Crippen LogP contribution is 2.29. The molecule has 2 aliphatic heterocycles. The number of para-hydroxylation sites is 1. The van der Waals surface area contributed by atoms with Crippen molar-refractivity contribution in [2.24, 2.45) is 5.73 Å². The number of benzene rings is 2. The van der Waals surface area contributed by atoms with Gasteiger partial charge in [-0.15, -0.1) is 0 Å². The summed E-state index contributed by atoms with van der Waals surface area (Å²) in [7, 11) is 1.55. The number of hydrogen-bond donors (Lipinski definition) is 5. The molecule has 0 saturated carbocycles. The van der Waals surface area contributed by atoms with Gasteiger partial charge in [-0.1, -0.05) is 42.5 Å². The fraction of sp³-hybridized carbons (Fsp3) is 0.167. The minimum absolute atomic E-state index is 0.208. The van der Waals surface area contributed by atoms with Crippen LogP contribution in [-0.4, -0.2) is 28.7 Å². The molecule has 0 radical (unpaired) electrons. The van der Waals surface area contributed by atoms with E-state index < -0.39 is 12.2 Å². The molecule has 0 saturated heterocycles. The van der Waals surface area contributed by atoms with Crippen LogP contribution in [0.5, 0.6) is 6.01 Å². The number of carbonyl (C=O) groups excluding carboxylic acids is 1. The van der Waals surface area contributed by atoms with Crippen LogP contribution in [0.1, 0.15) is 22.2 Å². The summed E-state index contributed by atoms with van der Waals surface area (Å²) in [5.74, 6) is -0.535. The summed E-state index contributed by atoms with van der Waals surface area (Å²) in [5, 5.41) is 14.0. The Morgan fingerprint density at radius 2 is 2.03 bits per heavy atom. The first-order valence-corrected chi connectivity index (χ1v) is 10.6. The first kappa shape index (κ1) is 20.8. The molecule has 2 atom stereocenters. The van der Waals surface area contributed by atoms with Crippen molar-refractivity contribution in [3.05, 3.63) is 95.5 Å². The summed E-state index contributed by atoms with van der Waals surface area (Å²) in [6.07, 6.45) is 7.19. The second-order valence-electron chi connectivity index (χ2n) is 7.71. The van der Waals surface area contributed by atoms with Gasteiger partial charge in [0.2, 0.25) is 0 Å². The van der Waals surface area contributed by atoms with Crippen LogP contribution in [0.3, 0.4) is 0 Å². The molecule has 2 aliphatic rings. The van der Waals surface area contributed by atoms with Crippen LogP contribution in [0.25, 0.3) is 11.0 Å². The molecule has 3 heterocycles. The second-order valence-corrected chi connectivity index (χ2v) is 7.71. The number of primary amides is 1. The van der Waals surface area contributed by atoms with Crippen LogP contribution in [0, 0.1) is 0 Å². The van der Waals surface area contributed by atoms with Gasteiger partial charge in [0.1, 0.15) is 11.7 Å². The molecule has 168 valence electrons. The van der Waals surface area contributed by atoms with E-state index >= 15 is 0 Å². The number of aromatic nitrogens is 2. The molecule has 1 amide bonds. The van der Waals surface area contributed by atoms with Crippen molar-refractivity contribution in [2.75, 3.05) is 7.11 Å². The van der Waals surface area contributed by atoms with E-state index in [4.69, 9.17) is 10.5 Å². The number of nitrogens with zero attached hydrogens (tertiary/aromatic N) is 2. The third-order valence-electron chi connectivity index (χ3n) is 5.65. The van der Waals surface area contributed by atoms with Gasteiger partial charge in [-0.2, -0.15) is 4.98 Å². The molecule has 1 aromatic heterocycles. The molecule has 0 bridgehead atoms. The summed E-state index contributed by atoms with van der Waals surface area (Å²) < 4.78 is 7.46. The maximum absolute atomic E-state index is 12.0. The third kappa shape index (κ3) is 3.95. The van der Waals surface area contributed by atoms with Crippen LogP contribution in [-0.2, 0) is 6.54 Å². The quantitative estimate of drug-likeness (QED) is 0.394. The highest BCUT2D eigenvalue weighted by Gasteiger charge is 2.31. The molecule has 2 aromatic carbocycles. The predicted octanol–water partition coefficient (Wildman–Crippen LogP) is 1.79. The van der Waals surface area contributed by atoms with E-state index in [9.17, 15) is 4.79 Å². The molecule has 5 rings (SSSR count). The summed E-state index contributed by atoms with van der Waals surface area (Å²) in [4.78, 5) is 16.5. The minimum Gasteiger partial charge on any atom is -0.468 e. The highest BCUT2D eigenvalue weighted by atomic mass is 16.5. The number of nitrogens with two attached hydrogens (primary N) is 1. The van der Waals surface area contributed by atoms with Gasteiger partial charge in [-0.05, 0) is 29.8 Å². The number of carbonyl (C=O) groups is 1. The topological polar surface area (TPSA) is 118 Å². The molecule has 3 aromatic rings. The summed E-state index contributed by atoms with van der Waals surface area (Å²) in [5.41, 5.74) is 10.2. The van der Waals surface area contributed by atoms with Crippen LogP contribution < -0.4 is 31.7 Å². The molecule has 6 N–H and O–H groups in total. The van der Waals surface area contributed by atoms with Gasteiger partial charge in [0.05, 0.1) is 29.6 Å². The Kier molecular flexibility index (Phi) is 5.55. The van der Waals surface area contributed by atoms with Crippen LogP contribution in [0.15, 0.2) is 84.4 Å². The van der Waals surface area contributed by atoms with Crippen LogP contribution in [0.2, 0.25) is 0 Å². The van der Waals surface area contributed by atoms with E-state index in [1.807, 2.05) is 53.3 Å². The van der Waals surface area contributed by atoms with E-state index in [2.05, 4.69) is 38.4 Å². The van der Waals surface area contributed by atoms with Crippen molar-refractivity contribution in [2.45, 2.75) is 19.0 Å².